The van der Waals surface area contributed by atoms with E-state index in [1.165, 1.54) is 27.1 Å². The Hall–Kier alpha value is -1.67. The van der Waals surface area contributed by atoms with Gasteiger partial charge in [-0.15, -0.1) is 0 Å². The Balaban J connectivity index is 2.35. The van der Waals surface area contributed by atoms with Gasteiger partial charge in [0.1, 0.15) is 18.3 Å². The number of carbonyl (C=O) groups excluding carboxylic acids is 1. The van der Waals surface area contributed by atoms with E-state index in [2.05, 4.69) is 13.8 Å². The Kier molecular flexibility index (Phi) is 9.79. The number of aryl methyl sites for hydroxylation is 1. The summed E-state index contributed by atoms with van der Waals surface area (Å²) in [6.45, 7) is 6.28. The van der Waals surface area contributed by atoms with Crippen LogP contribution in [0.5, 0.6) is 0 Å². The number of phosphoric ester groups is 2. The van der Waals surface area contributed by atoms with Crippen LogP contribution in [0.1, 0.15) is 46.3 Å². The van der Waals surface area contributed by atoms with Gasteiger partial charge in [0.2, 0.25) is 0 Å². The van der Waals surface area contributed by atoms with Gasteiger partial charge >= 0.3 is 11.7 Å². The molecule has 1 fully saturated rings. The van der Waals surface area contributed by atoms with Gasteiger partial charge in [0.15, 0.2) is 6.10 Å². The third kappa shape index (κ3) is 8.45. The second kappa shape index (κ2) is 11.6. The summed E-state index contributed by atoms with van der Waals surface area (Å²) >= 11 is 0. The van der Waals surface area contributed by atoms with Crippen molar-refractivity contribution in [2.45, 2.75) is 71.2 Å². The number of ether oxygens (including phenoxy) is 3. The monoisotopic (exact) mass is 542 g/mol. The second-order valence-corrected chi connectivity index (χ2v) is 11.1. The summed E-state index contributed by atoms with van der Waals surface area (Å²) in [5.74, 6) is -0.750. The Bertz CT molecular complexity index is 1110. The number of hydrogen-bond acceptors (Lipinski definition) is 13. The van der Waals surface area contributed by atoms with Crippen molar-refractivity contribution in [2.24, 2.45) is 7.05 Å². The molecule has 1 aliphatic heterocycles. The fourth-order valence-corrected chi connectivity index (χ4v) is 5.45. The van der Waals surface area contributed by atoms with Gasteiger partial charge in [-0.1, -0.05) is 0 Å². The first-order chi connectivity index (χ1) is 16.0. The van der Waals surface area contributed by atoms with E-state index >= 15 is 0 Å². The molecule has 0 amide bonds. The van der Waals surface area contributed by atoms with Crippen LogP contribution in [0.15, 0.2) is 15.8 Å². The smallest absolute Gasteiger partial charge is 0.328 e. The zero-order chi connectivity index (χ0) is 26.7. The molecule has 1 aromatic heterocycles. The number of aromatic nitrogens is 2. The maximum Gasteiger partial charge on any atom is 0.328 e. The molecule has 1 aliphatic rings. The normalized spacial score (nSPS) is 26.0. The minimum atomic E-state index is -5.45. The van der Waals surface area contributed by atoms with Gasteiger partial charge < -0.3 is 37.6 Å². The van der Waals surface area contributed by atoms with Crippen molar-refractivity contribution in [3.63, 3.8) is 0 Å². The molecule has 17 heteroatoms. The second-order valence-electron chi connectivity index (χ2n) is 8.20. The molecule has 6 atom stereocenters. The Morgan fingerprint density at radius 3 is 2.31 bits per heavy atom. The number of rotatable bonds is 11. The van der Waals surface area contributed by atoms with Crippen molar-refractivity contribution in [2.75, 3.05) is 6.61 Å². The summed E-state index contributed by atoms with van der Waals surface area (Å²) in [7, 11) is -9.33. The topological polar surface area (TPSA) is 208 Å². The van der Waals surface area contributed by atoms with Gasteiger partial charge in [0.05, 0.1) is 24.4 Å². The van der Waals surface area contributed by atoms with E-state index in [-0.39, 0.29) is 5.56 Å². The number of esters is 1. The fraction of sp³-hybridized carbons (Fsp3) is 0.722. The van der Waals surface area contributed by atoms with Crippen LogP contribution in [0.25, 0.3) is 0 Å². The summed E-state index contributed by atoms with van der Waals surface area (Å²) < 4.78 is 54.9. The maximum atomic E-state index is 12.5. The largest absolute Gasteiger partial charge is 0.756 e. The molecular weight excluding hydrogens is 514 g/mol. The Morgan fingerprint density at radius 2 is 1.77 bits per heavy atom. The van der Waals surface area contributed by atoms with E-state index < -0.39 is 76.1 Å². The summed E-state index contributed by atoms with van der Waals surface area (Å²) in [5.41, 5.74) is -1.63. The third-order valence-electron chi connectivity index (χ3n) is 4.42. The van der Waals surface area contributed by atoms with Crippen LogP contribution >= 0.6 is 15.6 Å². The molecule has 0 radical (unpaired) electrons. The third-order valence-corrected chi connectivity index (χ3v) is 7.17. The zero-order valence-corrected chi connectivity index (χ0v) is 21.7. The first kappa shape index (κ1) is 29.6. The minimum absolute atomic E-state index is 0.103. The molecule has 200 valence electrons. The molecule has 0 aromatic carbocycles. The first-order valence-electron chi connectivity index (χ1n) is 10.5. The molecule has 35 heavy (non-hydrogen) atoms. The molecular formula is C18H28N2O13P2-2. The lowest BCUT2D eigenvalue weighted by Crippen LogP contribution is -2.41. The van der Waals surface area contributed by atoms with Crippen molar-refractivity contribution >= 4 is 21.6 Å². The van der Waals surface area contributed by atoms with Crippen molar-refractivity contribution < 1.29 is 51.3 Å². The van der Waals surface area contributed by atoms with E-state index in [0.717, 1.165) is 11.5 Å². The first-order valence-corrected chi connectivity index (χ1v) is 13.4. The lowest BCUT2D eigenvalue weighted by molar-refractivity contribution is -0.247. The molecule has 0 spiro atoms. The summed E-state index contributed by atoms with van der Waals surface area (Å²) in [6, 6.07) is 0. The predicted octanol–water partition coefficient (Wildman–Crippen LogP) is -0.366. The Labute approximate surface area is 200 Å². The summed E-state index contributed by atoms with van der Waals surface area (Å²) in [5, 5.41) is 0. The van der Waals surface area contributed by atoms with E-state index in [9.17, 15) is 33.3 Å². The van der Waals surface area contributed by atoms with E-state index in [0.29, 0.717) is 0 Å². The molecule has 3 unspecified atom stereocenters. The lowest BCUT2D eigenvalue weighted by Gasteiger charge is -2.32. The minimum Gasteiger partial charge on any atom is -0.756 e. The van der Waals surface area contributed by atoms with Crippen molar-refractivity contribution in [1.82, 2.24) is 9.55 Å². The highest BCUT2D eigenvalue weighted by Crippen LogP contribution is 2.56. The molecule has 0 bridgehead atoms. The molecule has 2 heterocycles. The van der Waals surface area contributed by atoms with Crippen LogP contribution in [-0.2, 0) is 48.5 Å². The van der Waals surface area contributed by atoms with Crippen LogP contribution in [0.2, 0.25) is 0 Å². The van der Waals surface area contributed by atoms with Crippen molar-refractivity contribution in [1.29, 1.82) is 0 Å². The van der Waals surface area contributed by atoms with Gasteiger partial charge in [-0.2, -0.15) is 0 Å². The maximum absolute atomic E-state index is 12.5. The van der Waals surface area contributed by atoms with Gasteiger partial charge in [-0.3, -0.25) is 23.7 Å². The summed E-state index contributed by atoms with van der Waals surface area (Å²) in [6.07, 6.45) is -5.13. The van der Waals surface area contributed by atoms with E-state index in [4.69, 9.17) is 18.7 Å². The van der Waals surface area contributed by atoms with E-state index in [1.54, 1.807) is 13.8 Å². The SMILES string of the molecule is CC(=O)O[C@H]1C(OC(C)C)[C@@H](COP(=O)([O-])OP(=O)([O-])OC(C)C)O[C@H]1c1cn(C)c(=O)[nH]c1=O. The number of carbonyl (C=O) groups is 1. The van der Waals surface area contributed by atoms with Crippen LogP contribution in [-0.4, -0.2) is 52.6 Å². The molecule has 1 saturated heterocycles. The number of phosphoric acid groups is 2. The average Bonchev–Trinajstić information content (AvgIpc) is 2.97. The Morgan fingerprint density at radius 1 is 1.14 bits per heavy atom. The highest BCUT2D eigenvalue weighted by molar-refractivity contribution is 7.59. The molecule has 2 rings (SSSR count). The highest BCUT2D eigenvalue weighted by Gasteiger charge is 2.50. The quantitative estimate of drug-likeness (QED) is 0.280. The number of hydrogen-bond donors (Lipinski definition) is 1. The van der Waals surface area contributed by atoms with E-state index in [1.807, 2.05) is 0 Å². The zero-order valence-electron chi connectivity index (χ0n) is 19.9. The van der Waals surface area contributed by atoms with Gasteiger partial charge in [0.25, 0.3) is 21.2 Å². The van der Waals surface area contributed by atoms with Gasteiger partial charge in [-0.25, -0.2) is 9.11 Å². The van der Waals surface area contributed by atoms with Crippen molar-refractivity contribution in [3.05, 3.63) is 32.6 Å². The molecule has 0 aliphatic carbocycles. The molecule has 15 nitrogen and oxygen atoms in total. The standard InChI is InChI=1S/C18H30N2O13P2/c1-9(2)29-15-13(8-28-34(24,25)33-35(26,27)32-10(3)4)31-14(16(15)30-11(5)21)12-7-20(6)18(23)19-17(12)22/h7,9-10,13-16H,8H2,1-6H3,(H,24,25)(H,26,27)(H,19,22,23)/p-2/t13-,14+,15?,16-/m1/s1. The summed E-state index contributed by atoms with van der Waals surface area (Å²) in [4.78, 5) is 61.9. The van der Waals surface area contributed by atoms with Crippen molar-refractivity contribution in [3.8, 4) is 0 Å². The lowest BCUT2D eigenvalue weighted by atomic mass is 10.0. The highest BCUT2D eigenvalue weighted by atomic mass is 31.3. The van der Waals surface area contributed by atoms with Crippen LogP contribution < -0.4 is 21.0 Å². The average molecular weight is 542 g/mol. The van der Waals surface area contributed by atoms with Gasteiger partial charge in [-0.05, 0) is 27.7 Å². The number of nitrogens with zero attached hydrogens (tertiary/aromatic N) is 1. The van der Waals surface area contributed by atoms with Gasteiger partial charge in [0, 0.05) is 20.2 Å². The molecule has 1 N–H and O–H groups in total. The van der Waals surface area contributed by atoms with Crippen LogP contribution in [0.4, 0.5) is 0 Å². The number of H-pyrrole nitrogens is 1. The number of nitrogens with one attached hydrogen (secondary N) is 1. The number of aromatic amines is 1. The predicted molar refractivity (Wildman–Crippen MR) is 114 cm³/mol. The van der Waals surface area contributed by atoms with Crippen LogP contribution in [0, 0.1) is 0 Å². The fourth-order valence-electron chi connectivity index (χ4n) is 3.29. The molecule has 1 aromatic rings. The molecule has 0 saturated carbocycles. The van der Waals surface area contributed by atoms with Crippen LogP contribution in [0.3, 0.4) is 0 Å².